The molecule has 0 atom stereocenters. The monoisotopic (exact) mass is 461 g/mol. The van der Waals surface area contributed by atoms with Gasteiger partial charge in [-0.25, -0.2) is 8.78 Å². The summed E-state index contributed by atoms with van der Waals surface area (Å²) < 4.78 is 29.2. The Kier molecular flexibility index (Phi) is 4.22. The predicted octanol–water partition coefficient (Wildman–Crippen LogP) is 2.94. The molecule has 1 spiro atoms. The molecule has 1 aromatic heterocycles. The molecule has 2 amide bonds. The molecule has 3 fully saturated rings. The minimum Gasteiger partial charge on any atom is -0.339 e. The zero-order chi connectivity index (χ0) is 22.3. The number of benzene rings is 1. The van der Waals surface area contributed by atoms with Gasteiger partial charge in [-0.05, 0) is 49.4 Å². The van der Waals surface area contributed by atoms with Crippen molar-refractivity contribution < 1.29 is 18.4 Å². The molecule has 2 aromatic rings. The summed E-state index contributed by atoms with van der Waals surface area (Å²) in [5, 5.41) is 9.31. The first kappa shape index (κ1) is 20.1. The number of nitrogens with zero attached hydrogens (tertiary/aromatic N) is 5. The molecular weight excluding hydrogens is 440 g/mol. The molecule has 10 heteroatoms. The van der Waals surface area contributed by atoms with Gasteiger partial charge >= 0.3 is 0 Å². The maximum absolute atomic E-state index is 14.1. The summed E-state index contributed by atoms with van der Waals surface area (Å²) in [5.74, 6) is 0.587. The number of carbonyl (C=O) groups excluding carboxylic acids is 2. The van der Waals surface area contributed by atoms with Gasteiger partial charge in [0.05, 0.1) is 12.2 Å². The van der Waals surface area contributed by atoms with Crippen LogP contribution >= 0.6 is 11.6 Å². The van der Waals surface area contributed by atoms with Gasteiger partial charge in [-0.3, -0.25) is 14.2 Å². The number of hydrogen-bond donors (Lipinski definition) is 0. The van der Waals surface area contributed by atoms with Gasteiger partial charge in [0.15, 0.2) is 18.2 Å². The number of fused-ring (bicyclic) bond motifs is 3. The number of carbonyl (C=O) groups is 2. The minimum absolute atomic E-state index is 0.0295. The number of amides is 2. The number of rotatable bonds is 3. The lowest BCUT2D eigenvalue weighted by Crippen LogP contribution is -2.64. The zero-order valence-corrected chi connectivity index (χ0v) is 18.1. The molecule has 2 aliphatic carbocycles. The lowest BCUT2D eigenvalue weighted by Gasteiger charge is -2.59. The van der Waals surface area contributed by atoms with Crippen molar-refractivity contribution in [1.29, 1.82) is 0 Å². The van der Waals surface area contributed by atoms with E-state index in [1.54, 1.807) is 17.0 Å². The van der Waals surface area contributed by atoms with Gasteiger partial charge in [0.2, 0.25) is 0 Å². The second-order valence-electron chi connectivity index (χ2n) is 9.70. The van der Waals surface area contributed by atoms with Crippen LogP contribution in [0.25, 0.3) is 5.69 Å². The Bertz CT molecular complexity index is 1130. The van der Waals surface area contributed by atoms with Crippen LogP contribution < -0.4 is 0 Å². The largest absolute Gasteiger partial charge is 0.339 e. The molecule has 1 saturated heterocycles. The smallest absolute Gasteiger partial charge is 0.260 e. The van der Waals surface area contributed by atoms with Gasteiger partial charge in [0.25, 0.3) is 11.8 Å². The Balaban J connectivity index is 1.25. The van der Waals surface area contributed by atoms with Crippen LogP contribution in [0, 0.1) is 5.41 Å². The van der Waals surface area contributed by atoms with Crippen LogP contribution in [-0.4, -0.2) is 61.8 Å². The van der Waals surface area contributed by atoms with Crippen molar-refractivity contribution in [3.8, 4) is 5.69 Å². The summed E-state index contributed by atoms with van der Waals surface area (Å²) in [4.78, 5) is 27.4. The fraction of sp³-hybridized carbons (Fsp3) is 0.545. The molecule has 2 aliphatic heterocycles. The normalized spacial score (nSPS) is 22.5. The maximum Gasteiger partial charge on any atom is 0.260 e. The first-order chi connectivity index (χ1) is 15.3. The molecule has 7 nitrogen and oxygen atoms in total. The molecule has 1 aromatic carbocycles. The van der Waals surface area contributed by atoms with Crippen molar-refractivity contribution in [2.75, 3.05) is 19.8 Å². The summed E-state index contributed by atoms with van der Waals surface area (Å²) in [6.07, 6.45) is 2.39. The highest BCUT2D eigenvalue weighted by Gasteiger charge is 2.60. The van der Waals surface area contributed by atoms with Gasteiger partial charge in [-0.15, -0.1) is 10.2 Å². The molecule has 0 bridgehead atoms. The fourth-order valence-corrected chi connectivity index (χ4v) is 5.69. The standard InChI is InChI=1S/C22H22ClF2N5O2/c23-15-1-2-16-13(5-15)9-28(18(31)8-24)10-17-26-27-19(30(16)17)14-6-21(7-14)11-29(12-21)20(32)22(25)3-4-22/h1-2,5,14H,3-4,6-12H2. The van der Waals surface area contributed by atoms with Crippen LogP contribution in [0.5, 0.6) is 0 Å². The molecule has 2 saturated carbocycles. The van der Waals surface area contributed by atoms with Gasteiger partial charge in [-0.1, -0.05) is 11.6 Å². The van der Waals surface area contributed by atoms with Crippen LogP contribution in [0.15, 0.2) is 18.2 Å². The Morgan fingerprint density at radius 2 is 1.88 bits per heavy atom. The minimum atomic E-state index is -1.61. The number of halogens is 3. The van der Waals surface area contributed by atoms with Crippen molar-refractivity contribution in [3.05, 3.63) is 40.4 Å². The van der Waals surface area contributed by atoms with Crippen molar-refractivity contribution >= 4 is 23.4 Å². The second-order valence-corrected chi connectivity index (χ2v) is 10.1. The third-order valence-electron chi connectivity index (χ3n) is 7.33. The number of aromatic nitrogens is 3. The SMILES string of the molecule is O=C(CF)N1Cc2cc(Cl)ccc2-n2c(nnc2C2CC3(C2)CN(C(=O)C2(F)CC2)C3)C1. The highest BCUT2D eigenvalue weighted by molar-refractivity contribution is 6.30. The van der Waals surface area contributed by atoms with Crippen molar-refractivity contribution in [1.82, 2.24) is 24.6 Å². The number of hydrogen-bond acceptors (Lipinski definition) is 4. The summed E-state index contributed by atoms with van der Waals surface area (Å²) in [6, 6.07) is 5.45. The third kappa shape index (κ3) is 2.97. The van der Waals surface area contributed by atoms with E-state index < -0.39 is 18.3 Å². The van der Waals surface area contributed by atoms with Gasteiger partial charge in [0, 0.05) is 36.0 Å². The van der Waals surface area contributed by atoms with Gasteiger partial charge in [0.1, 0.15) is 5.82 Å². The summed E-state index contributed by atoms with van der Waals surface area (Å²) in [7, 11) is 0. The number of alkyl halides is 2. The first-order valence-electron chi connectivity index (χ1n) is 10.9. The van der Waals surface area contributed by atoms with Crippen molar-refractivity contribution in [2.45, 2.75) is 50.4 Å². The molecule has 0 radical (unpaired) electrons. The van der Waals surface area contributed by atoms with E-state index in [4.69, 9.17) is 11.6 Å². The van der Waals surface area contributed by atoms with Gasteiger partial charge in [-0.2, -0.15) is 0 Å². The van der Waals surface area contributed by atoms with Crippen LogP contribution in [0.3, 0.4) is 0 Å². The average molecular weight is 462 g/mol. The first-order valence-corrected chi connectivity index (χ1v) is 11.2. The summed E-state index contributed by atoms with van der Waals surface area (Å²) >= 11 is 6.20. The molecule has 6 rings (SSSR count). The van der Waals surface area contributed by atoms with Crippen molar-refractivity contribution in [3.63, 3.8) is 0 Å². The van der Waals surface area contributed by atoms with E-state index in [9.17, 15) is 18.4 Å². The Hall–Kier alpha value is -2.55. The topological polar surface area (TPSA) is 71.3 Å². The van der Waals surface area contributed by atoms with Crippen LogP contribution in [0.2, 0.25) is 5.02 Å². The molecule has 0 N–H and O–H groups in total. The molecule has 168 valence electrons. The maximum atomic E-state index is 14.1. The molecule has 0 unspecified atom stereocenters. The highest BCUT2D eigenvalue weighted by Crippen LogP contribution is 2.57. The molecule has 3 heterocycles. The highest BCUT2D eigenvalue weighted by atomic mass is 35.5. The lowest BCUT2D eigenvalue weighted by molar-refractivity contribution is -0.158. The Morgan fingerprint density at radius 1 is 1.12 bits per heavy atom. The molecule has 32 heavy (non-hydrogen) atoms. The van der Waals surface area contributed by atoms with E-state index in [0.29, 0.717) is 36.8 Å². The van der Waals surface area contributed by atoms with E-state index >= 15 is 0 Å². The summed E-state index contributed by atoms with van der Waals surface area (Å²) in [5.41, 5.74) is 0.0781. The van der Waals surface area contributed by atoms with Crippen LogP contribution in [0.4, 0.5) is 8.78 Å². The van der Waals surface area contributed by atoms with E-state index in [2.05, 4.69) is 10.2 Å². The summed E-state index contributed by atoms with van der Waals surface area (Å²) in [6.45, 7) is 0.538. The molecular formula is C22H22ClF2N5O2. The zero-order valence-electron chi connectivity index (χ0n) is 17.4. The van der Waals surface area contributed by atoms with E-state index in [1.165, 1.54) is 4.90 Å². The predicted molar refractivity (Wildman–Crippen MR) is 111 cm³/mol. The van der Waals surface area contributed by atoms with Crippen LogP contribution in [-0.2, 0) is 22.7 Å². The Labute approximate surface area is 188 Å². The Morgan fingerprint density at radius 3 is 2.56 bits per heavy atom. The van der Waals surface area contributed by atoms with Gasteiger partial charge < -0.3 is 9.80 Å². The van der Waals surface area contributed by atoms with Crippen LogP contribution in [0.1, 0.15) is 48.8 Å². The quantitative estimate of drug-likeness (QED) is 0.704. The molecule has 4 aliphatic rings. The third-order valence-corrected chi connectivity index (χ3v) is 7.57. The fourth-order valence-electron chi connectivity index (χ4n) is 5.49. The van der Waals surface area contributed by atoms with E-state index in [-0.39, 0.29) is 30.3 Å². The lowest BCUT2D eigenvalue weighted by atomic mass is 9.57. The number of likely N-dealkylation sites (tertiary alicyclic amines) is 1. The van der Waals surface area contributed by atoms with E-state index in [1.807, 2.05) is 10.6 Å². The average Bonchev–Trinajstić information content (AvgIpc) is 3.38. The second kappa shape index (κ2) is 6.73. The van der Waals surface area contributed by atoms with Crippen molar-refractivity contribution in [2.24, 2.45) is 5.41 Å². The van der Waals surface area contributed by atoms with E-state index in [0.717, 1.165) is 29.9 Å².